The summed E-state index contributed by atoms with van der Waals surface area (Å²) in [6.07, 6.45) is 3.22. The molecule has 0 saturated carbocycles. The van der Waals surface area contributed by atoms with Gasteiger partial charge >= 0.3 is 24.2 Å². The molecule has 2 atom stereocenters. The van der Waals surface area contributed by atoms with Gasteiger partial charge in [0.15, 0.2) is 11.5 Å². The molecule has 1 unspecified atom stereocenters. The SMILES string of the molecule is CCCCCOC(=O)Oc1ccc(C[C@](NC(C)CC)(OC(=O)C(C)(C)C)C(=O)O)cc1OC(=O)OCCCCC. The Hall–Kier alpha value is -3.34. The lowest BCUT2D eigenvalue weighted by Crippen LogP contribution is -2.60. The van der Waals surface area contributed by atoms with Crippen LogP contribution in [-0.4, -0.2) is 54.3 Å². The van der Waals surface area contributed by atoms with Gasteiger partial charge in [0.2, 0.25) is 0 Å². The monoisotopic (exact) mass is 581 g/mol. The van der Waals surface area contributed by atoms with E-state index in [1.807, 2.05) is 20.8 Å². The van der Waals surface area contributed by atoms with Crippen LogP contribution >= 0.6 is 0 Å². The molecule has 1 aromatic carbocycles. The maximum Gasteiger partial charge on any atom is 0.513 e. The lowest BCUT2D eigenvalue weighted by atomic mass is 9.95. The highest BCUT2D eigenvalue weighted by Gasteiger charge is 2.46. The number of unbranched alkanes of at least 4 members (excludes halogenated alkanes) is 4. The molecule has 0 saturated heterocycles. The fraction of sp³-hybridized carbons (Fsp3) is 0.667. The summed E-state index contributed by atoms with van der Waals surface area (Å²) < 4.78 is 26.5. The van der Waals surface area contributed by atoms with E-state index >= 15 is 0 Å². The Morgan fingerprint density at radius 1 is 0.854 bits per heavy atom. The minimum Gasteiger partial charge on any atom is -0.477 e. The number of hydrogen-bond acceptors (Lipinski definition) is 10. The highest BCUT2D eigenvalue weighted by Crippen LogP contribution is 2.32. The van der Waals surface area contributed by atoms with Crippen molar-refractivity contribution in [1.82, 2.24) is 5.32 Å². The molecular formula is C30H47NO10. The quantitative estimate of drug-likeness (QED) is 0.0692. The minimum atomic E-state index is -2.13. The van der Waals surface area contributed by atoms with Crippen LogP contribution in [0.1, 0.15) is 99.0 Å². The van der Waals surface area contributed by atoms with E-state index in [1.54, 1.807) is 27.7 Å². The summed E-state index contributed by atoms with van der Waals surface area (Å²) in [5.41, 5.74) is -2.77. The molecule has 0 aromatic heterocycles. The Labute approximate surface area is 243 Å². The third-order valence-corrected chi connectivity index (χ3v) is 6.10. The number of carbonyl (C=O) groups is 4. The largest absolute Gasteiger partial charge is 0.513 e. The number of aliphatic carboxylic acids is 1. The molecule has 0 amide bonds. The van der Waals surface area contributed by atoms with E-state index in [4.69, 9.17) is 23.7 Å². The Balaban J connectivity index is 3.37. The minimum absolute atomic E-state index is 0.123. The van der Waals surface area contributed by atoms with Crippen LogP contribution < -0.4 is 14.8 Å². The average molecular weight is 582 g/mol. The summed E-state index contributed by atoms with van der Waals surface area (Å²) >= 11 is 0. The van der Waals surface area contributed by atoms with Gasteiger partial charge in [0, 0.05) is 12.5 Å². The van der Waals surface area contributed by atoms with Crippen molar-refractivity contribution in [3.63, 3.8) is 0 Å². The first-order chi connectivity index (χ1) is 19.3. The summed E-state index contributed by atoms with van der Waals surface area (Å²) in [6.45, 7) is 12.8. The van der Waals surface area contributed by atoms with E-state index in [0.29, 0.717) is 24.8 Å². The van der Waals surface area contributed by atoms with Crippen molar-refractivity contribution in [2.75, 3.05) is 13.2 Å². The standard InChI is InChI=1S/C30H47NO10/c1-8-11-13-17-37-27(35)39-23-16-15-22(19-24(23)40-28(36)38-18-14-12-9-2)20-30(25(32)33,31-21(4)10-3)41-26(34)29(5,6)7/h15-16,19,21,31H,8-14,17-18,20H2,1-7H3,(H,32,33)/t21?,30-/m0/s1. The van der Waals surface area contributed by atoms with Crippen molar-refractivity contribution in [2.24, 2.45) is 5.41 Å². The topological polar surface area (TPSA) is 147 Å². The molecule has 0 aliphatic rings. The molecule has 41 heavy (non-hydrogen) atoms. The lowest BCUT2D eigenvalue weighted by molar-refractivity contribution is -0.190. The van der Waals surface area contributed by atoms with E-state index in [-0.39, 0.29) is 37.2 Å². The van der Waals surface area contributed by atoms with Gasteiger partial charge in [0.05, 0.1) is 18.6 Å². The van der Waals surface area contributed by atoms with E-state index < -0.39 is 35.4 Å². The fourth-order valence-electron chi connectivity index (χ4n) is 3.48. The van der Waals surface area contributed by atoms with Crippen LogP contribution in [0.25, 0.3) is 0 Å². The van der Waals surface area contributed by atoms with Crippen LogP contribution in [0.4, 0.5) is 9.59 Å². The summed E-state index contributed by atoms with van der Waals surface area (Å²) in [4.78, 5) is 50.1. The summed E-state index contributed by atoms with van der Waals surface area (Å²) in [5, 5.41) is 13.2. The highest BCUT2D eigenvalue weighted by atomic mass is 16.7. The van der Waals surface area contributed by atoms with Crippen LogP contribution in [0.5, 0.6) is 11.5 Å². The van der Waals surface area contributed by atoms with E-state index in [1.165, 1.54) is 18.2 Å². The molecule has 0 aliphatic carbocycles. The number of carboxylic acid groups (broad SMARTS) is 1. The molecule has 0 spiro atoms. The predicted octanol–water partition coefficient (Wildman–Crippen LogP) is 6.40. The van der Waals surface area contributed by atoms with Gasteiger partial charge in [-0.3, -0.25) is 10.1 Å². The Bertz CT molecular complexity index is 1000. The molecule has 1 rings (SSSR count). The number of esters is 1. The van der Waals surface area contributed by atoms with E-state index in [2.05, 4.69) is 5.32 Å². The second-order valence-corrected chi connectivity index (χ2v) is 11.0. The molecule has 11 nitrogen and oxygen atoms in total. The number of ether oxygens (including phenoxy) is 5. The predicted molar refractivity (Wildman–Crippen MR) is 152 cm³/mol. The summed E-state index contributed by atoms with van der Waals surface area (Å²) in [5.74, 6) is -2.42. The molecule has 0 radical (unpaired) electrons. The van der Waals surface area contributed by atoms with Gasteiger partial charge in [-0.15, -0.1) is 0 Å². The van der Waals surface area contributed by atoms with Gasteiger partial charge in [-0.2, -0.15) is 0 Å². The first-order valence-electron chi connectivity index (χ1n) is 14.3. The second-order valence-electron chi connectivity index (χ2n) is 11.0. The van der Waals surface area contributed by atoms with Crippen molar-refractivity contribution in [1.29, 1.82) is 0 Å². The molecule has 11 heteroatoms. The van der Waals surface area contributed by atoms with Crippen LogP contribution in [0, 0.1) is 5.41 Å². The Kier molecular flexibility index (Phi) is 15.2. The fourth-order valence-corrected chi connectivity index (χ4v) is 3.48. The molecule has 0 heterocycles. The van der Waals surface area contributed by atoms with Gasteiger partial charge in [-0.05, 0) is 64.7 Å². The van der Waals surface area contributed by atoms with Gasteiger partial charge in [0.25, 0.3) is 5.72 Å². The third-order valence-electron chi connectivity index (χ3n) is 6.10. The highest BCUT2D eigenvalue weighted by molar-refractivity contribution is 5.84. The summed E-state index contributed by atoms with van der Waals surface area (Å²) in [6, 6.07) is 3.86. The van der Waals surface area contributed by atoms with Crippen LogP contribution in [-0.2, 0) is 30.2 Å². The second kappa shape index (κ2) is 17.5. The first-order valence-corrected chi connectivity index (χ1v) is 14.3. The van der Waals surface area contributed by atoms with Crippen molar-refractivity contribution in [3.8, 4) is 11.5 Å². The maximum absolute atomic E-state index is 12.8. The van der Waals surface area contributed by atoms with Crippen LogP contribution in [0.15, 0.2) is 18.2 Å². The van der Waals surface area contributed by atoms with Gasteiger partial charge in [0.1, 0.15) is 0 Å². The molecule has 0 bridgehead atoms. The van der Waals surface area contributed by atoms with Crippen molar-refractivity contribution in [2.45, 2.75) is 112 Å². The number of nitrogens with one attached hydrogen (secondary N) is 1. The maximum atomic E-state index is 12.8. The van der Waals surface area contributed by atoms with Gasteiger partial charge in [-0.1, -0.05) is 52.5 Å². The smallest absolute Gasteiger partial charge is 0.477 e. The number of rotatable bonds is 17. The third kappa shape index (κ3) is 12.8. The van der Waals surface area contributed by atoms with Crippen LogP contribution in [0.2, 0.25) is 0 Å². The normalized spacial score (nSPS) is 13.4. The zero-order valence-electron chi connectivity index (χ0n) is 25.5. The molecule has 1 aromatic rings. The van der Waals surface area contributed by atoms with Crippen molar-refractivity contribution < 1.29 is 48.0 Å². The lowest BCUT2D eigenvalue weighted by Gasteiger charge is -2.35. The number of benzene rings is 1. The molecule has 0 fully saturated rings. The van der Waals surface area contributed by atoms with E-state index in [9.17, 15) is 24.3 Å². The number of hydrogen-bond donors (Lipinski definition) is 2. The Morgan fingerprint density at radius 2 is 1.39 bits per heavy atom. The first kappa shape index (κ1) is 35.7. The zero-order chi connectivity index (χ0) is 31.1. The average Bonchev–Trinajstić information content (AvgIpc) is 2.89. The van der Waals surface area contributed by atoms with Crippen molar-refractivity contribution >= 4 is 24.2 Å². The molecular weight excluding hydrogens is 534 g/mol. The van der Waals surface area contributed by atoms with E-state index in [0.717, 1.165) is 25.7 Å². The van der Waals surface area contributed by atoms with Gasteiger partial charge in [-0.25, -0.2) is 14.4 Å². The van der Waals surface area contributed by atoms with Crippen molar-refractivity contribution in [3.05, 3.63) is 23.8 Å². The summed E-state index contributed by atoms with van der Waals surface area (Å²) in [7, 11) is 0. The number of carboxylic acids is 1. The molecule has 2 N–H and O–H groups in total. The Morgan fingerprint density at radius 3 is 1.85 bits per heavy atom. The van der Waals surface area contributed by atoms with Crippen LogP contribution in [0.3, 0.4) is 0 Å². The molecule has 232 valence electrons. The molecule has 0 aliphatic heterocycles. The zero-order valence-corrected chi connectivity index (χ0v) is 25.5. The number of carbonyl (C=O) groups excluding carboxylic acids is 3. The van der Waals surface area contributed by atoms with Gasteiger partial charge < -0.3 is 28.8 Å².